The highest BCUT2D eigenvalue weighted by Gasteiger charge is 2.11. The molecule has 0 rings (SSSR count). The Kier molecular flexibility index (Phi) is 4.48. The molecule has 1 nitrogen and oxygen atoms in total. The molecule has 0 aromatic carbocycles. The molecule has 0 aromatic heterocycles. The summed E-state index contributed by atoms with van der Waals surface area (Å²) in [4.78, 5) is 2.33. The summed E-state index contributed by atoms with van der Waals surface area (Å²) in [6.45, 7) is 7.40. The average Bonchev–Trinajstić information content (AvgIpc) is 1.59. The fourth-order valence-electron chi connectivity index (χ4n) is 0.926. The van der Waals surface area contributed by atoms with Crippen LogP contribution in [0.2, 0.25) is 25.3 Å². The van der Waals surface area contributed by atoms with E-state index in [9.17, 15) is 0 Å². The molecule has 0 N–H and O–H groups in total. The van der Waals surface area contributed by atoms with E-state index in [1.54, 1.807) is 5.67 Å². The normalized spacial score (nSPS) is 13.8. The Morgan fingerprint density at radius 3 is 2.00 bits per heavy atom. The molecule has 3 heteroatoms. The lowest BCUT2D eigenvalue weighted by Crippen LogP contribution is -2.28. The third kappa shape index (κ3) is 8.39. The Morgan fingerprint density at radius 2 is 1.70 bits per heavy atom. The van der Waals surface area contributed by atoms with Crippen LogP contribution < -0.4 is 0 Å². The van der Waals surface area contributed by atoms with Crippen LogP contribution in [0, 0.1) is 0 Å². The predicted molar refractivity (Wildman–Crippen MR) is 55.3 cm³/mol. The SMILES string of the molecule is CN(C)C[SiH2]C[Si](C)(C)C. The van der Waals surface area contributed by atoms with E-state index in [0.29, 0.717) is 0 Å². The van der Waals surface area contributed by atoms with Crippen molar-refractivity contribution in [3.05, 3.63) is 0 Å². The van der Waals surface area contributed by atoms with E-state index in [1.165, 1.54) is 6.17 Å². The van der Waals surface area contributed by atoms with Crippen molar-refractivity contribution in [3.63, 3.8) is 0 Å². The van der Waals surface area contributed by atoms with Crippen molar-refractivity contribution >= 4 is 17.6 Å². The molecule has 0 aromatic rings. The number of hydrogen-bond donors (Lipinski definition) is 0. The molecule has 0 spiro atoms. The summed E-state index contributed by atoms with van der Waals surface area (Å²) in [5.41, 5.74) is 1.60. The smallest absolute Gasteiger partial charge is 0.0411 e. The van der Waals surface area contributed by atoms with Gasteiger partial charge >= 0.3 is 0 Å². The molecule has 0 fully saturated rings. The largest absolute Gasteiger partial charge is 0.313 e. The maximum absolute atomic E-state index is 2.47. The highest BCUT2D eigenvalue weighted by molar-refractivity contribution is 6.83. The van der Waals surface area contributed by atoms with Crippen LogP contribution in [0.15, 0.2) is 0 Å². The second kappa shape index (κ2) is 4.31. The Balaban J connectivity index is 3.21. The lowest BCUT2D eigenvalue weighted by molar-refractivity contribution is 0.477. The lowest BCUT2D eigenvalue weighted by Gasteiger charge is -2.16. The molecule has 0 radical (unpaired) electrons. The van der Waals surface area contributed by atoms with E-state index < -0.39 is 8.07 Å². The molecule has 0 aliphatic carbocycles. The van der Waals surface area contributed by atoms with Gasteiger partial charge in [-0.2, -0.15) is 0 Å². The van der Waals surface area contributed by atoms with E-state index in [1.807, 2.05) is 0 Å². The van der Waals surface area contributed by atoms with E-state index in [2.05, 4.69) is 38.6 Å². The van der Waals surface area contributed by atoms with Gasteiger partial charge in [0.05, 0.1) is 0 Å². The van der Waals surface area contributed by atoms with Gasteiger partial charge in [-0.15, -0.1) is 0 Å². The minimum absolute atomic E-state index is 0.247. The van der Waals surface area contributed by atoms with Gasteiger partial charge in [0, 0.05) is 17.6 Å². The van der Waals surface area contributed by atoms with Crippen LogP contribution in [0.1, 0.15) is 0 Å². The Morgan fingerprint density at radius 1 is 1.20 bits per heavy atom. The van der Waals surface area contributed by atoms with Gasteiger partial charge < -0.3 is 4.90 Å². The van der Waals surface area contributed by atoms with Gasteiger partial charge in [-0.05, 0) is 20.3 Å². The molecule has 0 aliphatic heterocycles. The summed E-state index contributed by atoms with van der Waals surface area (Å²) in [5, 5.41) is 0. The van der Waals surface area contributed by atoms with Gasteiger partial charge in [-0.1, -0.05) is 25.3 Å². The van der Waals surface area contributed by atoms with Crippen molar-refractivity contribution in [2.45, 2.75) is 25.3 Å². The summed E-state index contributed by atoms with van der Waals surface area (Å²) in [7, 11) is 3.91. The van der Waals surface area contributed by atoms with Gasteiger partial charge in [0.25, 0.3) is 0 Å². The molecule has 62 valence electrons. The Labute approximate surface area is 68.6 Å². The minimum Gasteiger partial charge on any atom is -0.313 e. The maximum Gasteiger partial charge on any atom is 0.0411 e. The quantitative estimate of drug-likeness (QED) is 0.576. The van der Waals surface area contributed by atoms with E-state index in [4.69, 9.17) is 0 Å². The van der Waals surface area contributed by atoms with Crippen LogP contribution in [0.25, 0.3) is 0 Å². The monoisotopic (exact) mass is 175 g/mol. The van der Waals surface area contributed by atoms with Crippen LogP contribution in [0.5, 0.6) is 0 Å². The number of rotatable bonds is 4. The summed E-state index contributed by atoms with van der Waals surface area (Å²) < 4.78 is 0. The van der Waals surface area contributed by atoms with E-state index in [-0.39, 0.29) is 9.52 Å². The molecule has 0 bridgehead atoms. The van der Waals surface area contributed by atoms with Gasteiger partial charge in [-0.25, -0.2) is 0 Å². The van der Waals surface area contributed by atoms with Crippen LogP contribution in [-0.4, -0.2) is 42.8 Å². The molecule has 0 aliphatic rings. The molecule has 10 heavy (non-hydrogen) atoms. The lowest BCUT2D eigenvalue weighted by atomic mass is 11.0. The standard InChI is InChI=1S/C7H21NSi2/c1-8(2)6-9-7-10(3,4)5/h6-7,9H2,1-5H3. The second-order valence-electron chi connectivity index (χ2n) is 4.47. The van der Waals surface area contributed by atoms with Gasteiger partial charge in [0.1, 0.15) is 0 Å². The first-order valence-corrected chi connectivity index (χ1v) is 9.77. The summed E-state index contributed by atoms with van der Waals surface area (Å²) in [5.74, 6) is 0. The van der Waals surface area contributed by atoms with Gasteiger partial charge in [0.2, 0.25) is 0 Å². The zero-order chi connectivity index (χ0) is 8.20. The first-order valence-electron chi connectivity index (χ1n) is 4.06. The van der Waals surface area contributed by atoms with E-state index >= 15 is 0 Å². The van der Waals surface area contributed by atoms with Gasteiger partial charge in [0.15, 0.2) is 0 Å². The molecule has 0 amide bonds. The van der Waals surface area contributed by atoms with Crippen LogP contribution in [0.3, 0.4) is 0 Å². The molecular weight excluding hydrogens is 154 g/mol. The third-order valence-electron chi connectivity index (χ3n) is 1.53. The van der Waals surface area contributed by atoms with Crippen LogP contribution in [0.4, 0.5) is 0 Å². The molecule has 0 saturated heterocycles. The summed E-state index contributed by atoms with van der Waals surface area (Å²) >= 11 is 0. The molecule has 0 atom stereocenters. The van der Waals surface area contributed by atoms with E-state index in [0.717, 1.165) is 0 Å². The topological polar surface area (TPSA) is 3.24 Å². The highest BCUT2D eigenvalue weighted by atomic mass is 28.4. The first-order chi connectivity index (χ1) is 4.42. The minimum atomic E-state index is -0.689. The molecular formula is C7H21NSi2. The highest BCUT2D eigenvalue weighted by Crippen LogP contribution is 2.05. The summed E-state index contributed by atoms with van der Waals surface area (Å²) in [6.07, 6.45) is 1.39. The van der Waals surface area contributed by atoms with Crippen molar-refractivity contribution in [2.24, 2.45) is 0 Å². The fourth-order valence-corrected chi connectivity index (χ4v) is 6.43. The number of nitrogens with zero attached hydrogens (tertiary/aromatic N) is 1. The first kappa shape index (κ1) is 10.4. The maximum atomic E-state index is 2.47. The van der Waals surface area contributed by atoms with Crippen LogP contribution >= 0.6 is 0 Å². The second-order valence-corrected chi connectivity index (χ2v) is 12.7. The Hall–Kier alpha value is 0.394. The molecule has 0 saturated carbocycles. The van der Waals surface area contributed by atoms with Crippen molar-refractivity contribution in [1.82, 2.24) is 4.90 Å². The Bertz CT molecular complexity index is 86.1. The fraction of sp³-hybridized carbons (Fsp3) is 1.00. The van der Waals surface area contributed by atoms with Gasteiger partial charge in [-0.3, -0.25) is 0 Å². The summed E-state index contributed by atoms with van der Waals surface area (Å²) in [6, 6.07) is 0. The van der Waals surface area contributed by atoms with Crippen molar-refractivity contribution in [1.29, 1.82) is 0 Å². The zero-order valence-corrected chi connectivity index (χ0v) is 10.5. The zero-order valence-electron chi connectivity index (χ0n) is 8.07. The molecule has 0 unspecified atom stereocenters. The van der Waals surface area contributed by atoms with Crippen molar-refractivity contribution in [3.8, 4) is 0 Å². The number of hydrogen-bond acceptors (Lipinski definition) is 1. The van der Waals surface area contributed by atoms with Crippen molar-refractivity contribution in [2.75, 3.05) is 20.3 Å². The third-order valence-corrected chi connectivity index (χ3v) is 10.2. The van der Waals surface area contributed by atoms with Crippen molar-refractivity contribution < 1.29 is 0 Å². The van der Waals surface area contributed by atoms with Crippen LogP contribution in [-0.2, 0) is 0 Å². The predicted octanol–water partition coefficient (Wildman–Crippen LogP) is 0.970. The molecule has 0 heterocycles. The average molecular weight is 175 g/mol.